The van der Waals surface area contributed by atoms with Crippen LogP contribution >= 0.6 is 0 Å². The molecular weight excluding hydrogens is 373 g/mol. The first kappa shape index (κ1) is 21.5. The SMILES string of the molecule is CN(C)S(=O)(=O)NC[C@H]1CCCN(C(=O)CCC(=O)c2ccc(F)cc2)C1. The largest absolute Gasteiger partial charge is 0.342 e. The fourth-order valence-corrected chi connectivity index (χ4v) is 3.67. The van der Waals surface area contributed by atoms with Crippen molar-refractivity contribution < 1.29 is 22.4 Å². The van der Waals surface area contributed by atoms with Crippen molar-refractivity contribution in [3.05, 3.63) is 35.6 Å². The Bertz CT molecular complexity index is 765. The van der Waals surface area contributed by atoms with Crippen LogP contribution in [0.4, 0.5) is 4.39 Å². The molecule has 1 aromatic rings. The molecule has 0 aliphatic carbocycles. The average Bonchev–Trinajstić information content (AvgIpc) is 2.65. The molecule has 0 unspecified atom stereocenters. The van der Waals surface area contributed by atoms with Crippen molar-refractivity contribution >= 4 is 21.9 Å². The maximum atomic E-state index is 12.9. The minimum atomic E-state index is -3.48. The number of carbonyl (C=O) groups excluding carboxylic acids is 2. The van der Waals surface area contributed by atoms with Crippen LogP contribution in [-0.2, 0) is 15.0 Å². The number of rotatable bonds is 8. The predicted molar refractivity (Wildman–Crippen MR) is 99.9 cm³/mol. The van der Waals surface area contributed by atoms with Gasteiger partial charge in [-0.1, -0.05) is 0 Å². The molecule has 0 aromatic heterocycles. The zero-order valence-electron chi connectivity index (χ0n) is 15.7. The van der Waals surface area contributed by atoms with E-state index in [1.54, 1.807) is 4.90 Å². The summed E-state index contributed by atoms with van der Waals surface area (Å²) >= 11 is 0. The second kappa shape index (κ2) is 9.38. The van der Waals surface area contributed by atoms with Gasteiger partial charge >= 0.3 is 0 Å². The number of piperidine rings is 1. The van der Waals surface area contributed by atoms with Crippen LogP contribution in [0.1, 0.15) is 36.0 Å². The number of hydrogen-bond donors (Lipinski definition) is 1. The molecule has 150 valence electrons. The lowest BCUT2D eigenvalue weighted by atomic mass is 9.97. The number of Topliss-reactive ketones (excluding diaryl/α,β-unsaturated/α-hetero) is 1. The van der Waals surface area contributed by atoms with E-state index in [1.807, 2.05) is 0 Å². The maximum absolute atomic E-state index is 12.9. The van der Waals surface area contributed by atoms with E-state index in [0.29, 0.717) is 18.7 Å². The van der Waals surface area contributed by atoms with Crippen molar-refractivity contribution in [2.75, 3.05) is 33.7 Å². The summed E-state index contributed by atoms with van der Waals surface area (Å²) in [4.78, 5) is 26.2. The zero-order valence-corrected chi connectivity index (χ0v) is 16.5. The van der Waals surface area contributed by atoms with Gasteiger partial charge in [-0.2, -0.15) is 12.7 Å². The third kappa shape index (κ3) is 6.37. The van der Waals surface area contributed by atoms with Crippen LogP contribution in [0.2, 0.25) is 0 Å². The molecule has 7 nitrogen and oxygen atoms in total. The molecule has 0 saturated carbocycles. The maximum Gasteiger partial charge on any atom is 0.278 e. The number of carbonyl (C=O) groups is 2. The van der Waals surface area contributed by atoms with Crippen LogP contribution in [0.3, 0.4) is 0 Å². The smallest absolute Gasteiger partial charge is 0.278 e. The number of halogens is 1. The molecular formula is C18H26FN3O4S. The van der Waals surface area contributed by atoms with Gasteiger partial charge in [0.2, 0.25) is 5.91 Å². The molecule has 9 heteroatoms. The van der Waals surface area contributed by atoms with E-state index in [4.69, 9.17) is 0 Å². The molecule has 1 saturated heterocycles. The summed E-state index contributed by atoms with van der Waals surface area (Å²) in [6.07, 6.45) is 1.80. The first-order valence-electron chi connectivity index (χ1n) is 8.92. The second-order valence-electron chi connectivity index (χ2n) is 6.91. The summed E-state index contributed by atoms with van der Waals surface area (Å²) in [5.74, 6) is -0.682. The topological polar surface area (TPSA) is 86.8 Å². The summed E-state index contributed by atoms with van der Waals surface area (Å²) in [7, 11) is -0.571. The summed E-state index contributed by atoms with van der Waals surface area (Å²) in [5, 5.41) is 0. The summed E-state index contributed by atoms with van der Waals surface area (Å²) in [6.45, 7) is 1.36. The van der Waals surface area contributed by atoms with E-state index in [1.165, 1.54) is 38.4 Å². The van der Waals surface area contributed by atoms with Gasteiger partial charge in [-0.15, -0.1) is 0 Å². The molecule has 1 fully saturated rings. The molecule has 1 amide bonds. The van der Waals surface area contributed by atoms with E-state index >= 15 is 0 Å². The second-order valence-corrected chi connectivity index (χ2v) is 8.88. The van der Waals surface area contributed by atoms with Gasteiger partial charge in [0.1, 0.15) is 5.82 Å². The first-order chi connectivity index (χ1) is 12.7. The number of nitrogens with zero attached hydrogens (tertiary/aromatic N) is 2. The number of hydrogen-bond acceptors (Lipinski definition) is 4. The monoisotopic (exact) mass is 399 g/mol. The fraction of sp³-hybridized carbons (Fsp3) is 0.556. The van der Waals surface area contributed by atoms with Crippen LogP contribution in [0.5, 0.6) is 0 Å². The van der Waals surface area contributed by atoms with Crippen LogP contribution in [-0.4, -0.2) is 63.0 Å². The van der Waals surface area contributed by atoms with E-state index in [-0.39, 0.29) is 37.0 Å². The lowest BCUT2D eigenvalue weighted by molar-refractivity contribution is -0.132. The van der Waals surface area contributed by atoms with Gasteiger partial charge in [-0.05, 0) is 43.0 Å². The Balaban J connectivity index is 1.82. The van der Waals surface area contributed by atoms with Crippen molar-refractivity contribution in [3.8, 4) is 0 Å². The molecule has 27 heavy (non-hydrogen) atoms. The van der Waals surface area contributed by atoms with Crippen molar-refractivity contribution in [2.24, 2.45) is 5.92 Å². The van der Waals surface area contributed by atoms with Gasteiger partial charge in [-0.25, -0.2) is 9.11 Å². The van der Waals surface area contributed by atoms with Gasteiger partial charge in [0.05, 0.1) is 0 Å². The Morgan fingerprint density at radius 1 is 1.22 bits per heavy atom. The van der Waals surface area contributed by atoms with E-state index in [2.05, 4.69) is 4.72 Å². The standard InChI is InChI=1S/C18H26FN3O4S/c1-21(2)27(25,26)20-12-14-4-3-11-22(13-14)18(24)10-9-17(23)15-5-7-16(19)8-6-15/h5-8,14,20H,3-4,9-13H2,1-2H3/t14-/m1/s1. The predicted octanol–water partition coefficient (Wildman–Crippen LogP) is 1.42. The van der Waals surface area contributed by atoms with Gasteiger partial charge in [-0.3, -0.25) is 9.59 Å². The molecule has 1 aliphatic rings. The third-order valence-corrected chi connectivity index (χ3v) is 6.13. The number of likely N-dealkylation sites (tertiary alicyclic amines) is 1. The quantitative estimate of drug-likeness (QED) is 0.670. The van der Waals surface area contributed by atoms with E-state index < -0.39 is 16.0 Å². The highest BCUT2D eigenvalue weighted by atomic mass is 32.2. The lowest BCUT2D eigenvalue weighted by Crippen LogP contribution is -2.45. The minimum Gasteiger partial charge on any atom is -0.342 e. The van der Waals surface area contributed by atoms with Crippen LogP contribution < -0.4 is 4.72 Å². The lowest BCUT2D eigenvalue weighted by Gasteiger charge is -2.33. The molecule has 1 heterocycles. The highest BCUT2D eigenvalue weighted by molar-refractivity contribution is 7.87. The van der Waals surface area contributed by atoms with Gasteiger partial charge in [0.25, 0.3) is 10.2 Å². The summed E-state index contributed by atoms with van der Waals surface area (Å²) in [5.41, 5.74) is 0.388. The van der Waals surface area contributed by atoms with Crippen molar-refractivity contribution in [2.45, 2.75) is 25.7 Å². The molecule has 1 atom stereocenters. The van der Waals surface area contributed by atoms with Crippen molar-refractivity contribution in [1.29, 1.82) is 0 Å². The van der Waals surface area contributed by atoms with E-state index in [0.717, 1.165) is 17.1 Å². The molecule has 2 rings (SSSR count). The Hall–Kier alpha value is -1.84. The third-order valence-electron chi connectivity index (χ3n) is 4.64. The Morgan fingerprint density at radius 3 is 2.52 bits per heavy atom. The highest BCUT2D eigenvalue weighted by Gasteiger charge is 2.25. The number of ketones is 1. The van der Waals surface area contributed by atoms with E-state index in [9.17, 15) is 22.4 Å². The fourth-order valence-electron chi connectivity index (χ4n) is 2.97. The Kier molecular flexibility index (Phi) is 7.46. The molecule has 1 N–H and O–H groups in total. The molecule has 1 aromatic carbocycles. The highest BCUT2D eigenvalue weighted by Crippen LogP contribution is 2.18. The molecule has 0 spiro atoms. The van der Waals surface area contributed by atoms with Gasteiger partial charge in [0.15, 0.2) is 5.78 Å². The Labute approximate surface area is 159 Å². The minimum absolute atomic E-state index is 0.0465. The van der Waals surface area contributed by atoms with Crippen LogP contribution in [0, 0.1) is 11.7 Å². The summed E-state index contributed by atoms with van der Waals surface area (Å²) < 4.78 is 40.1. The first-order valence-corrected chi connectivity index (χ1v) is 10.4. The van der Waals surface area contributed by atoms with Gasteiger partial charge in [0, 0.05) is 52.1 Å². The zero-order chi connectivity index (χ0) is 20.0. The Morgan fingerprint density at radius 2 is 1.89 bits per heavy atom. The van der Waals surface area contributed by atoms with Crippen LogP contribution in [0.25, 0.3) is 0 Å². The van der Waals surface area contributed by atoms with Crippen molar-refractivity contribution in [3.63, 3.8) is 0 Å². The normalized spacial score (nSPS) is 17.9. The number of benzene rings is 1. The van der Waals surface area contributed by atoms with Crippen molar-refractivity contribution in [1.82, 2.24) is 13.9 Å². The summed E-state index contributed by atoms with van der Waals surface area (Å²) in [6, 6.07) is 5.27. The average molecular weight is 399 g/mol. The number of amides is 1. The molecule has 1 aliphatic heterocycles. The molecule has 0 bridgehead atoms. The molecule has 0 radical (unpaired) electrons. The van der Waals surface area contributed by atoms with Crippen LogP contribution in [0.15, 0.2) is 24.3 Å². The number of nitrogens with one attached hydrogen (secondary N) is 1. The van der Waals surface area contributed by atoms with Gasteiger partial charge < -0.3 is 4.90 Å².